The van der Waals surface area contributed by atoms with Gasteiger partial charge in [0.2, 0.25) is 0 Å². The van der Waals surface area contributed by atoms with Gasteiger partial charge in [0.1, 0.15) is 0 Å². The zero-order valence-corrected chi connectivity index (χ0v) is 15.5. The van der Waals surface area contributed by atoms with Gasteiger partial charge in [0.05, 0.1) is 11.1 Å². The van der Waals surface area contributed by atoms with E-state index >= 15 is 0 Å². The standard InChI is InChI=1S/C18H26N3OS/c1-6-7-10-21-14(2)15(3)23-18(21)13-17(22)20-11-8-16(9-12-20)19(4)5/h8-9,11-13H,6-7,10H2,1-5H3/q+1. The number of carbonyl (C=O) groups excluding carboxylic acids is 1. The lowest BCUT2D eigenvalue weighted by atomic mass is 10.3. The molecule has 0 atom stereocenters. The molecule has 0 fully saturated rings. The van der Waals surface area contributed by atoms with Crippen LogP contribution in [0.15, 0.2) is 46.2 Å². The van der Waals surface area contributed by atoms with Crippen molar-refractivity contribution in [1.82, 2.24) is 4.90 Å². The Morgan fingerprint density at radius 2 is 1.96 bits per heavy atom. The summed E-state index contributed by atoms with van der Waals surface area (Å²) in [5, 5.41) is 1.03. The Labute approximate surface area is 143 Å². The summed E-state index contributed by atoms with van der Waals surface area (Å²) in [6, 6.07) is 3.89. The van der Waals surface area contributed by atoms with Gasteiger partial charge >= 0.3 is 5.91 Å². The lowest BCUT2D eigenvalue weighted by molar-refractivity contribution is -0.570. The van der Waals surface area contributed by atoms with E-state index in [4.69, 9.17) is 0 Å². The van der Waals surface area contributed by atoms with Crippen molar-refractivity contribution in [2.45, 2.75) is 33.6 Å². The van der Waals surface area contributed by atoms with Gasteiger partial charge < -0.3 is 9.80 Å². The normalized spacial score (nSPS) is 16.4. The van der Waals surface area contributed by atoms with Gasteiger partial charge in [-0.3, -0.25) is 0 Å². The number of hydrogen-bond acceptors (Lipinski definition) is 4. The summed E-state index contributed by atoms with van der Waals surface area (Å²) in [7, 11) is 3.98. The summed E-state index contributed by atoms with van der Waals surface area (Å²) < 4.78 is 1.63. The van der Waals surface area contributed by atoms with Crippen molar-refractivity contribution >= 4 is 23.4 Å². The Balaban J connectivity index is 2.17. The minimum absolute atomic E-state index is 0.0122. The largest absolute Gasteiger partial charge is 0.420 e. The molecule has 0 bridgehead atoms. The number of unbranched alkanes of at least 4 members (excludes halogenated alkanes) is 1. The van der Waals surface area contributed by atoms with Gasteiger partial charge in [0.15, 0.2) is 12.4 Å². The first-order valence-corrected chi connectivity index (χ1v) is 8.83. The van der Waals surface area contributed by atoms with E-state index in [1.807, 2.05) is 43.5 Å². The molecule has 0 N–H and O–H groups in total. The molecule has 0 saturated carbocycles. The monoisotopic (exact) mass is 332 g/mol. The molecule has 2 heterocycles. The number of anilines is 1. The summed E-state index contributed by atoms with van der Waals surface area (Å²) in [4.78, 5) is 18.1. The van der Waals surface area contributed by atoms with Crippen LogP contribution in [0.3, 0.4) is 0 Å². The molecule has 0 radical (unpaired) electrons. The van der Waals surface area contributed by atoms with Crippen molar-refractivity contribution in [2.24, 2.45) is 0 Å². The Bertz CT molecular complexity index is 632. The Kier molecular flexibility index (Phi) is 5.88. The first-order chi connectivity index (χ1) is 10.9. The minimum Gasteiger partial charge on any atom is -0.377 e. The van der Waals surface area contributed by atoms with Crippen LogP contribution in [-0.4, -0.2) is 31.4 Å². The second-order valence-electron chi connectivity index (χ2n) is 5.93. The minimum atomic E-state index is -0.0122. The SMILES string of the molecule is CCCCN1C(=CC(=O)[n+]2ccc(N(C)C)cc2)SC(C)=C1C. The van der Waals surface area contributed by atoms with E-state index in [1.54, 1.807) is 22.4 Å². The third-order valence-electron chi connectivity index (χ3n) is 4.00. The van der Waals surface area contributed by atoms with E-state index in [-0.39, 0.29) is 5.91 Å². The molecule has 1 aliphatic heterocycles. The quantitative estimate of drug-likeness (QED) is 0.608. The fraction of sp³-hybridized carbons (Fsp3) is 0.444. The molecule has 124 valence electrons. The zero-order valence-electron chi connectivity index (χ0n) is 14.7. The van der Waals surface area contributed by atoms with Crippen molar-refractivity contribution in [1.29, 1.82) is 0 Å². The highest BCUT2D eigenvalue weighted by atomic mass is 32.2. The highest BCUT2D eigenvalue weighted by molar-refractivity contribution is 8.06. The predicted octanol–water partition coefficient (Wildman–Crippen LogP) is 3.62. The molecular weight excluding hydrogens is 306 g/mol. The van der Waals surface area contributed by atoms with Crippen LogP contribution >= 0.6 is 11.8 Å². The average Bonchev–Trinajstić information content (AvgIpc) is 2.79. The third-order valence-corrected chi connectivity index (χ3v) is 5.15. The molecule has 5 heteroatoms. The molecule has 1 aromatic heterocycles. The fourth-order valence-electron chi connectivity index (χ4n) is 2.39. The maximum Gasteiger partial charge on any atom is 0.420 e. The van der Waals surface area contributed by atoms with Crippen molar-refractivity contribution < 1.29 is 9.36 Å². The number of nitrogens with zero attached hydrogens (tertiary/aromatic N) is 3. The van der Waals surface area contributed by atoms with Crippen LogP contribution in [0.1, 0.15) is 38.4 Å². The van der Waals surface area contributed by atoms with Crippen molar-refractivity contribution in [3.05, 3.63) is 46.2 Å². The molecule has 0 aromatic carbocycles. The van der Waals surface area contributed by atoms with E-state index in [9.17, 15) is 4.79 Å². The molecule has 0 spiro atoms. The number of allylic oxidation sites excluding steroid dienone is 3. The van der Waals surface area contributed by atoms with E-state index in [0.717, 1.165) is 30.1 Å². The van der Waals surface area contributed by atoms with E-state index in [0.29, 0.717) is 0 Å². The summed E-state index contributed by atoms with van der Waals surface area (Å²) in [6.45, 7) is 7.40. The van der Waals surface area contributed by atoms with Gasteiger partial charge in [-0.25, -0.2) is 4.79 Å². The number of aromatic nitrogens is 1. The molecule has 1 aromatic rings. The molecule has 23 heavy (non-hydrogen) atoms. The lowest BCUT2D eigenvalue weighted by Gasteiger charge is -2.20. The van der Waals surface area contributed by atoms with Gasteiger partial charge in [-0.05, 0) is 20.3 Å². The van der Waals surface area contributed by atoms with Gasteiger partial charge in [0.25, 0.3) is 0 Å². The van der Waals surface area contributed by atoms with Crippen LogP contribution in [0.5, 0.6) is 0 Å². The molecular formula is C18H26N3OS+. The maximum absolute atomic E-state index is 12.5. The molecule has 0 amide bonds. The Morgan fingerprint density at radius 1 is 1.30 bits per heavy atom. The molecule has 0 unspecified atom stereocenters. The summed E-state index contributed by atoms with van der Waals surface area (Å²) in [5.74, 6) is -0.0122. The van der Waals surface area contributed by atoms with Crippen LogP contribution < -0.4 is 9.47 Å². The van der Waals surface area contributed by atoms with E-state index in [1.165, 1.54) is 10.6 Å². The number of thioether (sulfide) groups is 1. The summed E-state index contributed by atoms with van der Waals surface area (Å²) in [6.07, 6.45) is 7.66. The van der Waals surface area contributed by atoms with Crippen LogP contribution in [0.2, 0.25) is 0 Å². The molecule has 1 aliphatic rings. The van der Waals surface area contributed by atoms with E-state index in [2.05, 4.69) is 25.7 Å². The van der Waals surface area contributed by atoms with Gasteiger partial charge in [-0.15, -0.1) is 4.57 Å². The number of pyridine rings is 1. The summed E-state index contributed by atoms with van der Waals surface area (Å²) >= 11 is 1.69. The van der Waals surface area contributed by atoms with Crippen molar-refractivity contribution in [2.75, 3.05) is 25.5 Å². The van der Waals surface area contributed by atoms with Gasteiger partial charge in [-0.1, -0.05) is 25.1 Å². The molecule has 0 aliphatic carbocycles. The highest BCUT2D eigenvalue weighted by Crippen LogP contribution is 2.40. The zero-order chi connectivity index (χ0) is 17.0. The van der Waals surface area contributed by atoms with Crippen molar-refractivity contribution in [3.63, 3.8) is 0 Å². The van der Waals surface area contributed by atoms with E-state index < -0.39 is 0 Å². The Morgan fingerprint density at radius 3 is 2.52 bits per heavy atom. The molecule has 0 saturated heterocycles. The molecule has 4 nitrogen and oxygen atoms in total. The van der Waals surface area contributed by atoms with Crippen LogP contribution in [0.25, 0.3) is 0 Å². The van der Waals surface area contributed by atoms with Crippen LogP contribution in [0, 0.1) is 0 Å². The van der Waals surface area contributed by atoms with Crippen LogP contribution in [0.4, 0.5) is 5.69 Å². The number of carbonyl (C=O) groups is 1. The third kappa shape index (κ3) is 4.16. The Hall–Kier alpha value is -1.75. The predicted molar refractivity (Wildman–Crippen MR) is 97.3 cm³/mol. The highest BCUT2D eigenvalue weighted by Gasteiger charge is 2.25. The van der Waals surface area contributed by atoms with Crippen LogP contribution in [-0.2, 0) is 0 Å². The van der Waals surface area contributed by atoms with Gasteiger partial charge in [0, 0.05) is 49.1 Å². The first kappa shape index (κ1) is 17.6. The second kappa shape index (κ2) is 7.68. The summed E-state index contributed by atoms with van der Waals surface area (Å²) in [5.41, 5.74) is 2.34. The topological polar surface area (TPSA) is 27.4 Å². The number of rotatable bonds is 5. The van der Waals surface area contributed by atoms with Gasteiger partial charge in [-0.2, -0.15) is 0 Å². The average molecular weight is 332 g/mol. The number of hydrogen-bond donors (Lipinski definition) is 0. The smallest absolute Gasteiger partial charge is 0.377 e. The molecule has 2 rings (SSSR count). The first-order valence-electron chi connectivity index (χ1n) is 8.01. The fourth-order valence-corrected chi connectivity index (χ4v) is 3.46. The maximum atomic E-state index is 12.5. The second-order valence-corrected chi connectivity index (χ2v) is 7.16. The van der Waals surface area contributed by atoms with Crippen molar-refractivity contribution in [3.8, 4) is 0 Å². The lowest BCUT2D eigenvalue weighted by Crippen LogP contribution is -2.40.